The molecule has 2 amide bonds. The van der Waals surface area contributed by atoms with Gasteiger partial charge in [-0.1, -0.05) is 56.6 Å². The maximum Gasteiger partial charge on any atom is 0.265 e. The van der Waals surface area contributed by atoms with E-state index in [0.717, 1.165) is 12.5 Å². The predicted octanol–water partition coefficient (Wildman–Crippen LogP) is 4.86. The Balaban J connectivity index is 1.58. The van der Waals surface area contributed by atoms with Gasteiger partial charge in [0.05, 0.1) is 27.9 Å². The maximum atomic E-state index is 13.2. The predicted molar refractivity (Wildman–Crippen MR) is 151 cm³/mol. The third-order valence-corrected chi connectivity index (χ3v) is 7.76. The molecular formula is C28H27ClN4O5S. The highest BCUT2D eigenvalue weighted by molar-refractivity contribution is 7.90. The number of amides is 2. The van der Waals surface area contributed by atoms with Crippen molar-refractivity contribution in [2.24, 2.45) is 5.41 Å². The summed E-state index contributed by atoms with van der Waals surface area (Å²) in [4.78, 5) is 42.7. The molecule has 3 aromatic carbocycles. The molecule has 0 saturated carbocycles. The van der Waals surface area contributed by atoms with Crippen molar-refractivity contribution >= 4 is 50.0 Å². The average molecular weight is 567 g/mol. The number of carbonyl (C=O) groups is 2. The van der Waals surface area contributed by atoms with Crippen LogP contribution in [-0.4, -0.2) is 29.8 Å². The van der Waals surface area contributed by atoms with Crippen molar-refractivity contribution in [3.05, 3.63) is 99.6 Å². The summed E-state index contributed by atoms with van der Waals surface area (Å²) >= 11 is 6.23. The Kier molecular flexibility index (Phi) is 7.89. The van der Waals surface area contributed by atoms with Crippen LogP contribution in [0, 0.1) is 5.41 Å². The SMILES string of the molecule is CC(C)(C)CCn1cnc2cccc(NC(=O)c3ccc(S(=O)(=O)NC(=O)c4ccccc4)c(Cl)c3)c2c1=O. The zero-order valence-electron chi connectivity index (χ0n) is 21.6. The van der Waals surface area contributed by atoms with Gasteiger partial charge in [-0.3, -0.25) is 19.0 Å². The van der Waals surface area contributed by atoms with E-state index in [4.69, 9.17) is 11.6 Å². The first-order valence-corrected chi connectivity index (χ1v) is 13.9. The second-order valence-corrected chi connectivity index (χ2v) is 12.2. The molecule has 9 nitrogen and oxygen atoms in total. The number of rotatable bonds is 7. The van der Waals surface area contributed by atoms with Gasteiger partial charge in [0.25, 0.3) is 27.4 Å². The summed E-state index contributed by atoms with van der Waals surface area (Å²) in [6, 6.07) is 16.4. The van der Waals surface area contributed by atoms with Gasteiger partial charge in [0.15, 0.2) is 0 Å². The Bertz CT molecular complexity index is 1730. The van der Waals surface area contributed by atoms with Gasteiger partial charge < -0.3 is 5.32 Å². The number of nitrogens with one attached hydrogen (secondary N) is 2. The van der Waals surface area contributed by atoms with Crippen LogP contribution in [0.2, 0.25) is 5.02 Å². The Morgan fingerprint density at radius 2 is 1.67 bits per heavy atom. The van der Waals surface area contributed by atoms with Gasteiger partial charge in [-0.15, -0.1) is 0 Å². The van der Waals surface area contributed by atoms with Gasteiger partial charge in [-0.2, -0.15) is 0 Å². The van der Waals surface area contributed by atoms with Crippen molar-refractivity contribution in [1.29, 1.82) is 0 Å². The Labute approximate surface area is 230 Å². The number of halogens is 1. The summed E-state index contributed by atoms with van der Waals surface area (Å²) in [5.74, 6) is -1.42. The molecule has 4 aromatic rings. The van der Waals surface area contributed by atoms with Crippen LogP contribution in [0.3, 0.4) is 0 Å². The number of nitrogens with zero attached hydrogens (tertiary/aromatic N) is 2. The minimum absolute atomic E-state index is 0.0192. The van der Waals surface area contributed by atoms with E-state index in [1.54, 1.807) is 36.4 Å². The van der Waals surface area contributed by atoms with E-state index in [2.05, 4.69) is 31.1 Å². The molecule has 0 bridgehead atoms. The fourth-order valence-corrected chi connectivity index (χ4v) is 5.32. The van der Waals surface area contributed by atoms with Gasteiger partial charge in [0, 0.05) is 17.7 Å². The molecule has 0 aliphatic rings. The van der Waals surface area contributed by atoms with Crippen LogP contribution in [0.5, 0.6) is 0 Å². The standard InChI is InChI=1S/C28H27ClN4O5S/c1-28(2,3)14-15-33-17-30-21-10-7-11-22(24(21)27(33)36)31-25(34)19-12-13-23(20(29)16-19)39(37,38)32-26(35)18-8-5-4-6-9-18/h4-13,16-17H,14-15H2,1-3H3,(H,31,34)(H,32,35). The molecule has 0 saturated heterocycles. The quantitative estimate of drug-likeness (QED) is 0.329. The number of sulfonamides is 1. The molecule has 4 rings (SSSR count). The second-order valence-electron chi connectivity index (χ2n) is 10.2. The van der Waals surface area contributed by atoms with Crippen molar-refractivity contribution in [2.75, 3.05) is 5.32 Å². The Morgan fingerprint density at radius 1 is 0.949 bits per heavy atom. The van der Waals surface area contributed by atoms with Gasteiger partial charge in [-0.05, 0) is 54.3 Å². The van der Waals surface area contributed by atoms with Gasteiger partial charge in [0.2, 0.25) is 0 Å². The zero-order valence-corrected chi connectivity index (χ0v) is 23.1. The average Bonchev–Trinajstić information content (AvgIpc) is 2.88. The van der Waals surface area contributed by atoms with E-state index >= 15 is 0 Å². The molecule has 11 heteroatoms. The van der Waals surface area contributed by atoms with Crippen LogP contribution in [0.4, 0.5) is 5.69 Å². The highest BCUT2D eigenvalue weighted by Crippen LogP contribution is 2.25. The second kappa shape index (κ2) is 11.0. The normalized spacial score (nSPS) is 11.8. The summed E-state index contributed by atoms with van der Waals surface area (Å²) in [6.07, 6.45) is 2.26. The fourth-order valence-electron chi connectivity index (χ4n) is 3.80. The van der Waals surface area contributed by atoms with Crippen LogP contribution in [0.25, 0.3) is 10.9 Å². The van der Waals surface area contributed by atoms with Crippen LogP contribution in [-0.2, 0) is 16.6 Å². The Morgan fingerprint density at radius 3 is 2.33 bits per heavy atom. The summed E-state index contributed by atoms with van der Waals surface area (Å²) in [7, 11) is -4.31. The molecule has 0 radical (unpaired) electrons. The van der Waals surface area contributed by atoms with Crippen molar-refractivity contribution in [3.8, 4) is 0 Å². The summed E-state index contributed by atoms with van der Waals surface area (Å²) < 4.78 is 29.0. The summed E-state index contributed by atoms with van der Waals surface area (Å²) in [5, 5.41) is 2.72. The largest absolute Gasteiger partial charge is 0.321 e. The first-order chi connectivity index (χ1) is 18.4. The lowest BCUT2D eigenvalue weighted by atomic mass is 9.92. The smallest absolute Gasteiger partial charge is 0.265 e. The molecule has 0 atom stereocenters. The molecular weight excluding hydrogens is 540 g/mol. The topological polar surface area (TPSA) is 127 Å². The van der Waals surface area contributed by atoms with Crippen LogP contribution < -0.4 is 15.6 Å². The van der Waals surface area contributed by atoms with E-state index in [0.29, 0.717) is 12.1 Å². The van der Waals surface area contributed by atoms with E-state index in [1.165, 1.54) is 35.2 Å². The molecule has 0 aliphatic heterocycles. The monoisotopic (exact) mass is 566 g/mol. The number of hydrogen-bond donors (Lipinski definition) is 2. The molecule has 0 aliphatic carbocycles. The lowest BCUT2D eigenvalue weighted by Gasteiger charge is -2.18. The van der Waals surface area contributed by atoms with Crippen molar-refractivity contribution in [1.82, 2.24) is 14.3 Å². The van der Waals surface area contributed by atoms with Crippen molar-refractivity contribution in [3.63, 3.8) is 0 Å². The highest BCUT2D eigenvalue weighted by Gasteiger charge is 2.23. The van der Waals surface area contributed by atoms with Crippen molar-refractivity contribution in [2.45, 2.75) is 38.6 Å². The van der Waals surface area contributed by atoms with Gasteiger partial charge in [-0.25, -0.2) is 18.1 Å². The molecule has 0 unspecified atom stereocenters. The van der Waals surface area contributed by atoms with Gasteiger partial charge in [0.1, 0.15) is 4.90 Å². The van der Waals surface area contributed by atoms with Gasteiger partial charge >= 0.3 is 0 Å². The fraction of sp³-hybridized carbons (Fsp3) is 0.214. The number of aryl methyl sites for hydroxylation is 1. The van der Waals surface area contributed by atoms with E-state index in [9.17, 15) is 22.8 Å². The molecule has 39 heavy (non-hydrogen) atoms. The maximum absolute atomic E-state index is 13.2. The molecule has 0 spiro atoms. The number of benzene rings is 3. The number of carbonyl (C=O) groups excluding carboxylic acids is 2. The van der Waals surface area contributed by atoms with Crippen LogP contribution in [0.1, 0.15) is 47.9 Å². The van der Waals surface area contributed by atoms with Crippen molar-refractivity contribution < 1.29 is 18.0 Å². The number of anilines is 1. The molecule has 1 heterocycles. The number of aromatic nitrogens is 2. The van der Waals surface area contributed by atoms with Crippen LogP contribution in [0.15, 0.2) is 82.7 Å². The Hall–Kier alpha value is -4.02. The first-order valence-electron chi connectivity index (χ1n) is 12.1. The highest BCUT2D eigenvalue weighted by atomic mass is 35.5. The third kappa shape index (κ3) is 6.52. The lowest BCUT2D eigenvalue weighted by Crippen LogP contribution is -2.30. The zero-order chi connectivity index (χ0) is 28.4. The number of fused-ring (bicyclic) bond motifs is 1. The summed E-state index contributed by atoms with van der Waals surface area (Å²) in [5.41, 5.74) is 0.651. The molecule has 1 aromatic heterocycles. The van der Waals surface area contributed by atoms with E-state index < -0.39 is 21.8 Å². The lowest BCUT2D eigenvalue weighted by molar-refractivity contribution is 0.0979. The molecule has 202 valence electrons. The minimum atomic E-state index is -4.31. The number of hydrogen-bond acceptors (Lipinski definition) is 6. The van der Waals surface area contributed by atoms with Crippen LogP contribution >= 0.6 is 11.6 Å². The molecule has 0 fully saturated rings. The van der Waals surface area contributed by atoms with E-state index in [-0.39, 0.29) is 43.1 Å². The first kappa shape index (κ1) is 28.0. The summed E-state index contributed by atoms with van der Waals surface area (Å²) in [6.45, 7) is 6.71. The minimum Gasteiger partial charge on any atom is -0.321 e. The van der Waals surface area contributed by atoms with E-state index in [1.807, 2.05) is 4.72 Å². The third-order valence-electron chi connectivity index (χ3n) is 5.95. The molecule has 2 N–H and O–H groups in total.